The first-order valence-corrected chi connectivity index (χ1v) is 8.65. The van der Waals surface area contributed by atoms with E-state index in [1.807, 2.05) is 11.8 Å². The summed E-state index contributed by atoms with van der Waals surface area (Å²) in [7, 11) is 0. The number of nitrogens with zero attached hydrogens (tertiary/aromatic N) is 1. The molecule has 0 atom stereocenters. The molecule has 0 bridgehead atoms. The lowest BCUT2D eigenvalue weighted by Gasteiger charge is -2.37. The first-order chi connectivity index (χ1) is 10.8. The van der Waals surface area contributed by atoms with Gasteiger partial charge in [-0.15, -0.1) is 0 Å². The fraction of sp³-hybridized carbons (Fsp3) is 0.500. The van der Waals surface area contributed by atoms with Gasteiger partial charge in [0.2, 0.25) is 5.91 Å². The van der Waals surface area contributed by atoms with Crippen molar-refractivity contribution in [1.82, 2.24) is 4.90 Å². The molecule has 0 saturated carbocycles. The minimum atomic E-state index is -0.537. The SMILES string of the molecule is CC1(C)CN(C(=O)Nc2cc3c(cc2F)NC(=O)CC3)CCS1. The Labute approximate surface area is 139 Å². The second-order valence-electron chi connectivity index (χ2n) is 6.50. The average Bonchev–Trinajstić information content (AvgIpc) is 2.47. The second kappa shape index (κ2) is 6.03. The first-order valence-electron chi connectivity index (χ1n) is 7.66. The molecule has 3 rings (SSSR count). The van der Waals surface area contributed by atoms with Gasteiger partial charge < -0.3 is 15.5 Å². The maximum absolute atomic E-state index is 14.2. The minimum Gasteiger partial charge on any atom is -0.326 e. The highest BCUT2D eigenvalue weighted by atomic mass is 32.2. The molecule has 23 heavy (non-hydrogen) atoms. The van der Waals surface area contributed by atoms with Crippen LogP contribution in [-0.2, 0) is 11.2 Å². The molecule has 2 heterocycles. The molecular formula is C16H20FN3O2S. The van der Waals surface area contributed by atoms with Crippen LogP contribution in [0.15, 0.2) is 12.1 Å². The van der Waals surface area contributed by atoms with E-state index >= 15 is 0 Å². The molecule has 0 aliphatic carbocycles. The predicted molar refractivity (Wildman–Crippen MR) is 90.5 cm³/mol. The van der Waals surface area contributed by atoms with Crippen LogP contribution in [0.4, 0.5) is 20.6 Å². The smallest absolute Gasteiger partial charge is 0.321 e. The summed E-state index contributed by atoms with van der Waals surface area (Å²) in [5.41, 5.74) is 1.50. The summed E-state index contributed by atoms with van der Waals surface area (Å²) in [6.07, 6.45) is 0.932. The van der Waals surface area contributed by atoms with E-state index in [1.165, 1.54) is 6.07 Å². The van der Waals surface area contributed by atoms with Crippen molar-refractivity contribution < 1.29 is 14.0 Å². The highest BCUT2D eigenvalue weighted by molar-refractivity contribution is 8.00. The molecule has 1 aromatic rings. The van der Waals surface area contributed by atoms with Gasteiger partial charge >= 0.3 is 6.03 Å². The lowest BCUT2D eigenvalue weighted by Crippen LogP contribution is -2.47. The number of aryl methyl sites for hydroxylation is 1. The van der Waals surface area contributed by atoms with Crippen molar-refractivity contribution in [1.29, 1.82) is 0 Å². The van der Waals surface area contributed by atoms with Gasteiger partial charge in [-0.1, -0.05) is 0 Å². The number of carbonyl (C=O) groups is 2. The minimum absolute atomic E-state index is 0.00820. The number of carbonyl (C=O) groups excluding carboxylic acids is 2. The number of amides is 3. The summed E-state index contributed by atoms with van der Waals surface area (Å²) in [4.78, 5) is 25.5. The number of urea groups is 1. The van der Waals surface area contributed by atoms with Crippen molar-refractivity contribution in [3.8, 4) is 0 Å². The fourth-order valence-corrected chi connectivity index (χ4v) is 3.99. The van der Waals surface area contributed by atoms with Crippen molar-refractivity contribution in [3.05, 3.63) is 23.5 Å². The molecule has 1 aromatic carbocycles. The Hall–Kier alpha value is -1.76. The number of rotatable bonds is 1. The summed E-state index contributed by atoms with van der Waals surface area (Å²) in [6, 6.07) is 2.61. The van der Waals surface area contributed by atoms with Crippen LogP contribution in [0, 0.1) is 5.82 Å². The lowest BCUT2D eigenvalue weighted by molar-refractivity contribution is -0.116. The molecule has 0 aromatic heterocycles. The normalized spacial score (nSPS) is 19.8. The zero-order valence-corrected chi connectivity index (χ0v) is 14.1. The maximum Gasteiger partial charge on any atom is 0.321 e. The van der Waals surface area contributed by atoms with Crippen molar-refractivity contribution in [2.45, 2.75) is 31.4 Å². The van der Waals surface area contributed by atoms with E-state index in [-0.39, 0.29) is 22.4 Å². The maximum atomic E-state index is 14.2. The molecule has 1 saturated heterocycles. The molecule has 3 amide bonds. The van der Waals surface area contributed by atoms with Gasteiger partial charge in [-0.05, 0) is 38.0 Å². The Morgan fingerprint density at radius 2 is 2.17 bits per heavy atom. The number of halogens is 1. The van der Waals surface area contributed by atoms with Crippen LogP contribution in [0.2, 0.25) is 0 Å². The summed E-state index contributed by atoms with van der Waals surface area (Å²) in [5, 5.41) is 5.32. The molecule has 2 aliphatic rings. The standard InChI is InChI=1S/C16H20FN3O2S/c1-16(2)9-20(5-6-23-16)15(22)19-13-7-10-3-4-14(21)18-12(10)8-11(13)17/h7-8H,3-6,9H2,1-2H3,(H,18,21)(H,19,22). The van der Waals surface area contributed by atoms with Gasteiger partial charge in [-0.2, -0.15) is 11.8 Å². The topological polar surface area (TPSA) is 61.4 Å². The van der Waals surface area contributed by atoms with E-state index in [9.17, 15) is 14.0 Å². The Morgan fingerprint density at radius 1 is 1.39 bits per heavy atom. The van der Waals surface area contributed by atoms with Gasteiger partial charge in [0.15, 0.2) is 0 Å². The Morgan fingerprint density at radius 3 is 2.91 bits per heavy atom. The molecule has 5 nitrogen and oxygen atoms in total. The molecule has 2 aliphatic heterocycles. The Balaban J connectivity index is 1.75. The van der Waals surface area contributed by atoms with Gasteiger partial charge in [0.1, 0.15) is 5.82 Å². The van der Waals surface area contributed by atoms with Gasteiger partial charge in [-0.25, -0.2) is 9.18 Å². The van der Waals surface area contributed by atoms with Crippen molar-refractivity contribution in [2.24, 2.45) is 0 Å². The number of fused-ring (bicyclic) bond motifs is 1. The predicted octanol–water partition coefficient (Wildman–Crippen LogP) is 3.07. The Bertz CT molecular complexity index is 663. The van der Waals surface area contributed by atoms with Gasteiger partial charge in [-0.3, -0.25) is 4.79 Å². The highest BCUT2D eigenvalue weighted by Crippen LogP contribution is 2.31. The van der Waals surface area contributed by atoms with Crippen LogP contribution < -0.4 is 10.6 Å². The number of nitrogens with one attached hydrogen (secondary N) is 2. The summed E-state index contributed by atoms with van der Waals surface area (Å²) >= 11 is 1.83. The van der Waals surface area contributed by atoms with E-state index in [0.29, 0.717) is 31.6 Å². The van der Waals surface area contributed by atoms with Crippen molar-refractivity contribution in [2.75, 3.05) is 29.5 Å². The first kappa shape index (κ1) is 16.1. The second-order valence-corrected chi connectivity index (χ2v) is 8.30. The van der Waals surface area contributed by atoms with Crippen molar-refractivity contribution >= 4 is 35.1 Å². The largest absolute Gasteiger partial charge is 0.326 e. The molecule has 2 N–H and O–H groups in total. The van der Waals surface area contributed by atoms with Crippen LogP contribution >= 0.6 is 11.8 Å². The third-order valence-corrected chi connectivity index (χ3v) is 5.34. The van der Waals surface area contributed by atoms with Gasteiger partial charge in [0, 0.05) is 35.7 Å². The van der Waals surface area contributed by atoms with Gasteiger partial charge in [0.05, 0.1) is 5.69 Å². The number of benzene rings is 1. The van der Waals surface area contributed by atoms with Crippen LogP contribution in [0.25, 0.3) is 0 Å². The summed E-state index contributed by atoms with van der Waals surface area (Å²) in [6.45, 7) is 5.48. The molecule has 0 spiro atoms. The van der Waals surface area contributed by atoms with E-state index in [2.05, 4.69) is 24.5 Å². The third kappa shape index (κ3) is 3.60. The zero-order chi connectivity index (χ0) is 16.6. The molecule has 0 unspecified atom stereocenters. The number of anilines is 2. The molecule has 7 heteroatoms. The number of hydrogen-bond acceptors (Lipinski definition) is 3. The quantitative estimate of drug-likeness (QED) is 0.828. The molecular weight excluding hydrogens is 317 g/mol. The number of hydrogen-bond donors (Lipinski definition) is 2. The highest BCUT2D eigenvalue weighted by Gasteiger charge is 2.30. The molecule has 1 fully saturated rings. The van der Waals surface area contributed by atoms with Crippen LogP contribution in [0.5, 0.6) is 0 Å². The molecule has 124 valence electrons. The van der Waals surface area contributed by atoms with Crippen LogP contribution in [0.3, 0.4) is 0 Å². The van der Waals surface area contributed by atoms with E-state index < -0.39 is 5.82 Å². The van der Waals surface area contributed by atoms with Crippen LogP contribution in [-0.4, -0.2) is 40.4 Å². The average molecular weight is 337 g/mol. The Kier molecular flexibility index (Phi) is 4.23. The molecule has 0 radical (unpaired) electrons. The van der Waals surface area contributed by atoms with E-state index in [4.69, 9.17) is 0 Å². The van der Waals surface area contributed by atoms with E-state index in [0.717, 1.165) is 11.3 Å². The van der Waals surface area contributed by atoms with Crippen molar-refractivity contribution in [3.63, 3.8) is 0 Å². The third-order valence-electron chi connectivity index (χ3n) is 4.04. The van der Waals surface area contributed by atoms with E-state index in [1.54, 1.807) is 11.0 Å². The fourth-order valence-electron chi connectivity index (χ4n) is 2.88. The summed E-state index contributed by atoms with van der Waals surface area (Å²) in [5.74, 6) is 0.228. The lowest BCUT2D eigenvalue weighted by atomic mass is 10.0. The zero-order valence-electron chi connectivity index (χ0n) is 13.2. The monoisotopic (exact) mass is 337 g/mol. The van der Waals surface area contributed by atoms with Crippen LogP contribution in [0.1, 0.15) is 25.8 Å². The summed E-state index contributed by atoms with van der Waals surface area (Å²) < 4.78 is 14.2. The number of thioether (sulfide) groups is 1. The van der Waals surface area contributed by atoms with Gasteiger partial charge in [0.25, 0.3) is 0 Å².